The Hall–Kier alpha value is -8.14. The third-order valence-corrected chi connectivity index (χ3v) is 23.2. The highest BCUT2D eigenvalue weighted by molar-refractivity contribution is 7.98. The first-order valence-electron chi connectivity index (χ1n) is 43.3. The molecule has 0 bridgehead atoms. The molecule has 3 aliphatic rings. The van der Waals surface area contributed by atoms with Crippen molar-refractivity contribution in [3.63, 3.8) is 0 Å². The predicted octanol–water partition coefficient (Wildman–Crippen LogP) is 0.289. The number of ether oxygens (including phenoxy) is 2. The molecule has 35 nitrogen and oxygen atoms in total. The van der Waals surface area contributed by atoms with Crippen LogP contribution in [0.25, 0.3) is 0 Å². The van der Waals surface area contributed by atoms with Crippen molar-refractivity contribution < 1.29 is 113 Å². The Morgan fingerprint density at radius 3 is 1.92 bits per heavy atom. The number of ketones is 2. The number of aliphatic hydroxyl groups excluding tert-OH is 7. The summed E-state index contributed by atoms with van der Waals surface area (Å²) in [5.74, 6) is -11.7. The number of aromatic hydroxyl groups is 1. The van der Waals surface area contributed by atoms with E-state index in [0.29, 0.717) is 49.6 Å². The number of nitrogens with two attached hydrogens (primary N) is 1. The maximum atomic E-state index is 15.3. The number of fused-ring (bicyclic) bond motifs is 2. The monoisotopic (exact) mass is 1740 g/mol. The number of rotatable bonds is 51. The van der Waals surface area contributed by atoms with Crippen molar-refractivity contribution in [2.75, 3.05) is 84.2 Å². The van der Waals surface area contributed by atoms with Crippen LogP contribution in [0.3, 0.4) is 0 Å². The van der Waals surface area contributed by atoms with Crippen molar-refractivity contribution in [2.24, 2.45) is 41.2 Å². The molecule has 0 spiro atoms. The highest BCUT2D eigenvalue weighted by Crippen LogP contribution is 2.32. The predicted molar refractivity (Wildman–Crippen MR) is 454 cm³/mol. The molecule has 2 aromatic carbocycles. The Labute approximate surface area is 720 Å². The lowest BCUT2D eigenvalue weighted by Gasteiger charge is -2.35. The number of nitrogens with one attached hydrogen (secondary N) is 9. The number of Topliss-reactive ketones (excluding diaryl/α,β-unsaturated/α-hetero) is 2. The van der Waals surface area contributed by atoms with Gasteiger partial charge < -0.3 is 113 Å². The van der Waals surface area contributed by atoms with Crippen LogP contribution >= 0.6 is 11.8 Å². The summed E-state index contributed by atoms with van der Waals surface area (Å²) in [5.41, 5.74) is 6.63. The maximum Gasteiger partial charge on any atom is 0.248 e. The largest absolute Gasteiger partial charge is 0.508 e. The van der Waals surface area contributed by atoms with Gasteiger partial charge in [-0.3, -0.25) is 62.9 Å². The van der Waals surface area contributed by atoms with E-state index in [2.05, 4.69) is 68.6 Å². The van der Waals surface area contributed by atoms with Gasteiger partial charge in [-0.15, -0.1) is 0 Å². The summed E-state index contributed by atoms with van der Waals surface area (Å²) in [6.07, 6.45) is -6.62. The van der Waals surface area contributed by atoms with E-state index in [1.165, 1.54) is 18.6 Å². The van der Waals surface area contributed by atoms with Gasteiger partial charge in [-0.25, -0.2) is 0 Å². The van der Waals surface area contributed by atoms with E-state index in [9.17, 15) is 93.6 Å². The normalized spacial score (nSPS) is 23.0. The SMILES string of the molecule is CC[C@H](C)C[C@H](C)CCCCCCCCC(=O)N[C@H]1C[C@@H](O)[C@@H](NCCN)NC(=O)[C@@H]2[C@@H](O)CCN2C(=O)[C@H]([C@H](O)CCNC(=O)CCC(=O)NCCOCCOCCNC(=O)[C@@H](CC(=O)[C@H](CC(C)C)NC(=O)[C@@H](CC=O)CCSC)Cc2ccccc2)NC(=O)[C@H]([C@H](O)[C@@H](O)c2ccc(O)cc2)CC(=O)[C@@H]2C[C@@H](O)CN2C(=O)[C@H]([C@@H](C)O)NC1=O. The second kappa shape index (κ2) is 56.0. The molecule has 2 aromatic rings. The van der Waals surface area contributed by atoms with Gasteiger partial charge in [0.1, 0.15) is 48.5 Å². The average Bonchev–Trinajstić information content (AvgIpc) is 1.61. The third kappa shape index (κ3) is 36.2. The summed E-state index contributed by atoms with van der Waals surface area (Å²) in [4.78, 5) is 184. The van der Waals surface area contributed by atoms with Crippen LogP contribution in [0.2, 0.25) is 0 Å². The number of unbranched alkanes of at least 4 members (excludes halogenated alkanes) is 5. The number of nitrogens with zero attached hydrogens (tertiary/aromatic N) is 2. The van der Waals surface area contributed by atoms with Crippen LogP contribution in [0.4, 0.5) is 0 Å². The standard InChI is InChI=1S/C86H138N12O23S/c1-8-53(4)45-54(5)18-14-11-9-10-12-17-21-73(110)92-64-50-70(107)79(90-34-32-87)96-84(117)76-67(104)29-37-97(76)86(119)75(95-82(115)62(78(112)77(111)57-22-24-60(101)25-23-57)49-69(106)65-48-61(102)51-98(65)85(118)74(55(6)100)94-83(64)116)66(103)28-33-88-71(108)26-27-72(109)89-35-39-120-41-42-121-40-36-91-80(113)59(46-56-19-15-13-16-20-56)47-68(105)63(44-52(2)3)93-81(114)58(30-38-99)31-43-122-7/h13,15-16,19-20,22-25,38,52-55,58-59,61-67,70,74-79,90,100-104,107,111-112H,8-12,14,17-18,21,26-37,39-51,87H2,1-7H3,(H,88,108)(H,89,109)(H,91,113)(H,92,110)(H,93,114)(H,94,116)(H,95,115)(H,96,117)/t53-,54+,55+,58-,59+,61+,62-,63-,64-,65-,66+,67-,70+,74-,75-,76-,77-,78-,79-/m0/s1. The van der Waals surface area contributed by atoms with Gasteiger partial charge in [0.15, 0.2) is 11.6 Å². The van der Waals surface area contributed by atoms with Gasteiger partial charge in [0.25, 0.3) is 0 Å². The number of phenolic OH excluding ortho intramolecular Hbond substituents is 1. The molecule has 19 N–H and O–H groups in total. The van der Waals surface area contributed by atoms with Crippen LogP contribution < -0.4 is 53.6 Å². The van der Waals surface area contributed by atoms with Gasteiger partial charge in [-0.1, -0.05) is 122 Å². The van der Waals surface area contributed by atoms with Crippen molar-refractivity contribution >= 4 is 88.7 Å². The average molecular weight is 1740 g/mol. The first kappa shape index (κ1) is 104. The molecule has 3 saturated heterocycles. The first-order chi connectivity index (χ1) is 58.2. The van der Waals surface area contributed by atoms with Crippen LogP contribution in [0.15, 0.2) is 54.6 Å². The fraction of sp³-hybridized carbons (Fsp3) is 0.709. The van der Waals surface area contributed by atoms with Gasteiger partial charge >= 0.3 is 0 Å². The molecule has 36 heteroatoms. The lowest BCUT2D eigenvalue weighted by molar-refractivity contribution is -0.149. The molecule has 0 aromatic heterocycles. The van der Waals surface area contributed by atoms with Crippen molar-refractivity contribution in [1.29, 1.82) is 0 Å². The summed E-state index contributed by atoms with van der Waals surface area (Å²) in [5, 5.41) is 116. The smallest absolute Gasteiger partial charge is 0.248 e. The molecule has 122 heavy (non-hydrogen) atoms. The minimum absolute atomic E-state index is 0.0280. The summed E-state index contributed by atoms with van der Waals surface area (Å²) >= 11 is 1.55. The topological polar surface area (TPSA) is 543 Å². The van der Waals surface area contributed by atoms with Gasteiger partial charge in [-0.2, -0.15) is 11.8 Å². The summed E-state index contributed by atoms with van der Waals surface area (Å²) < 4.78 is 11.3. The van der Waals surface area contributed by atoms with E-state index in [4.69, 9.17) is 15.2 Å². The van der Waals surface area contributed by atoms with Gasteiger partial charge in [0, 0.05) is 109 Å². The Morgan fingerprint density at radius 2 is 1.29 bits per heavy atom. The number of benzene rings is 2. The number of carbonyl (C=O) groups is 13. The quantitative estimate of drug-likeness (QED) is 0.0313. The summed E-state index contributed by atoms with van der Waals surface area (Å²) in [6.45, 7) is 10.5. The van der Waals surface area contributed by atoms with E-state index in [1.807, 2.05) is 50.4 Å². The molecule has 19 atom stereocenters. The molecule has 0 unspecified atom stereocenters. The number of amides is 10. The van der Waals surface area contributed by atoms with Crippen LogP contribution in [-0.4, -0.2) is 291 Å². The lowest BCUT2D eigenvalue weighted by atomic mass is 9.86. The van der Waals surface area contributed by atoms with Crippen LogP contribution in [-0.2, 0) is 78.2 Å². The van der Waals surface area contributed by atoms with E-state index in [0.717, 1.165) is 72.9 Å². The Balaban J connectivity index is 1.27. The second-order valence-electron chi connectivity index (χ2n) is 33.1. The Bertz CT molecular complexity index is 3590. The molecule has 0 radical (unpaired) electrons. The fourth-order valence-corrected chi connectivity index (χ4v) is 15.9. The highest BCUT2D eigenvalue weighted by Gasteiger charge is 2.49. The minimum Gasteiger partial charge on any atom is -0.508 e. The van der Waals surface area contributed by atoms with Crippen LogP contribution in [0.5, 0.6) is 5.75 Å². The maximum absolute atomic E-state index is 15.3. The molecular formula is C86H138N12O23S. The molecule has 0 aliphatic carbocycles. The van der Waals surface area contributed by atoms with E-state index in [1.54, 1.807) is 11.8 Å². The van der Waals surface area contributed by atoms with Crippen molar-refractivity contribution in [3.05, 3.63) is 65.7 Å². The highest BCUT2D eigenvalue weighted by atomic mass is 32.2. The first-order valence-corrected chi connectivity index (χ1v) is 44.7. The zero-order chi connectivity index (χ0) is 90.0. The zero-order valence-electron chi connectivity index (χ0n) is 71.9. The minimum atomic E-state index is -2.30. The van der Waals surface area contributed by atoms with Crippen LogP contribution in [0.1, 0.15) is 194 Å². The van der Waals surface area contributed by atoms with Crippen LogP contribution in [0, 0.1) is 35.5 Å². The third-order valence-electron chi connectivity index (χ3n) is 22.6. The van der Waals surface area contributed by atoms with E-state index in [-0.39, 0.29) is 132 Å². The summed E-state index contributed by atoms with van der Waals surface area (Å²) in [7, 11) is 0. The fourth-order valence-electron chi connectivity index (χ4n) is 15.4. The molecule has 3 fully saturated rings. The lowest BCUT2D eigenvalue weighted by Crippen LogP contribution is -2.63. The molecule has 10 amide bonds. The molecule has 3 heterocycles. The van der Waals surface area contributed by atoms with Crippen molar-refractivity contribution in [2.45, 2.75) is 268 Å². The van der Waals surface area contributed by atoms with Crippen molar-refractivity contribution in [1.82, 2.24) is 57.7 Å². The van der Waals surface area contributed by atoms with Gasteiger partial charge in [-0.05, 0) is 105 Å². The molecular weight excluding hydrogens is 1600 g/mol. The van der Waals surface area contributed by atoms with E-state index >= 15 is 9.59 Å². The molecule has 0 saturated carbocycles. The van der Waals surface area contributed by atoms with E-state index < -0.39 is 201 Å². The number of phenols is 1. The number of aliphatic hydroxyl groups is 7. The number of aldehydes is 1. The number of carbonyl (C=O) groups excluding carboxylic acids is 13. The number of thioether (sulfide) groups is 1. The molecule has 686 valence electrons. The van der Waals surface area contributed by atoms with Gasteiger partial charge in [0.05, 0.1) is 81.1 Å². The number of hydrogen-bond acceptors (Lipinski definition) is 26. The summed E-state index contributed by atoms with van der Waals surface area (Å²) in [6, 6.07) is 3.72. The molecule has 5 rings (SSSR count). The Morgan fingerprint density at radius 1 is 0.656 bits per heavy atom. The zero-order valence-corrected chi connectivity index (χ0v) is 72.8. The second-order valence-corrected chi connectivity index (χ2v) is 34.1. The van der Waals surface area contributed by atoms with Crippen molar-refractivity contribution in [3.8, 4) is 5.75 Å². The van der Waals surface area contributed by atoms with Gasteiger partial charge in [0.2, 0.25) is 59.1 Å². The Kier molecular flexibility index (Phi) is 47.9. The number of hydrogen-bond donors (Lipinski definition) is 18. The molecule has 3 aliphatic heterocycles.